The number of hydrogen-bond acceptors (Lipinski definition) is 5. The lowest BCUT2D eigenvalue weighted by atomic mass is 10.3. The summed E-state index contributed by atoms with van der Waals surface area (Å²) in [6.45, 7) is 8.28. The number of methoxy groups -OCH3 is 1. The third kappa shape index (κ3) is 12.1. The van der Waals surface area contributed by atoms with Crippen LogP contribution in [0.15, 0.2) is 0 Å². The van der Waals surface area contributed by atoms with Gasteiger partial charge in [-0.25, -0.2) is 0 Å². The van der Waals surface area contributed by atoms with E-state index in [1.807, 2.05) is 20.9 Å². The molecule has 1 unspecified atom stereocenters. The minimum absolute atomic E-state index is 0.268. The van der Waals surface area contributed by atoms with Gasteiger partial charge in [-0.15, -0.1) is 0 Å². The second-order valence-electron chi connectivity index (χ2n) is 4.53. The smallest absolute Gasteiger partial charge is 0.0791 e. The van der Waals surface area contributed by atoms with Gasteiger partial charge in [0.25, 0.3) is 0 Å². The van der Waals surface area contributed by atoms with Gasteiger partial charge in [-0.1, -0.05) is 0 Å². The van der Waals surface area contributed by atoms with Gasteiger partial charge in [0.15, 0.2) is 0 Å². The van der Waals surface area contributed by atoms with Gasteiger partial charge in [0.2, 0.25) is 0 Å². The second-order valence-corrected chi connectivity index (χ2v) is 4.53. The van der Waals surface area contributed by atoms with Gasteiger partial charge in [-0.2, -0.15) is 0 Å². The van der Waals surface area contributed by atoms with Crippen molar-refractivity contribution in [2.75, 3.05) is 53.6 Å². The van der Waals surface area contributed by atoms with Crippen molar-refractivity contribution < 1.29 is 14.6 Å². The van der Waals surface area contributed by atoms with Crippen LogP contribution >= 0.6 is 0 Å². The molecule has 0 radical (unpaired) electrons. The van der Waals surface area contributed by atoms with Gasteiger partial charge in [-0.3, -0.25) is 0 Å². The predicted molar refractivity (Wildman–Crippen MR) is 69.3 cm³/mol. The summed E-state index contributed by atoms with van der Waals surface area (Å²) in [4.78, 5) is 2.07. The maximum absolute atomic E-state index is 9.74. The summed E-state index contributed by atoms with van der Waals surface area (Å²) in [5.74, 6) is 0. The zero-order valence-corrected chi connectivity index (χ0v) is 11.6. The molecule has 17 heavy (non-hydrogen) atoms. The Balaban J connectivity index is 3.41. The van der Waals surface area contributed by atoms with E-state index in [-0.39, 0.29) is 12.2 Å². The lowest BCUT2D eigenvalue weighted by molar-refractivity contribution is 0.0518. The first-order valence-corrected chi connectivity index (χ1v) is 6.24. The number of hydrogen-bond donors (Lipinski definition) is 2. The van der Waals surface area contributed by atoms with Gasteiger partial charge in [0.05, 0.1) is 25.4 Å². The van der Waals surface area contributed by atoms with Crippen LogP contribution in [0.2, 0.25) is 0 Å². The molecule has 0 amide bonds. The van der Waals surface area contributed by atoms with Crippen LogP contribution in [0.4, 0.5) is 0 Å². The molecule has 0 spiro atoms. The molecule has 0 heterocycles. The Labute approximate surface area is 105 Å². The number of aliphatic hydroxyl groups is 1. The van der Waals surface area contributed by atoms with Crippen LogP contribution in [-0.2, 0) is 9.47 Å². The van der Waals surface area contributed by atoms with E-state index < -0.39 is 0 Å². The molecule has 0 saturated carbocycles. The number of nitrogens with zero attached hydrogens (tertiary/aromatic N) is 1. The zero-order valence-electron chi connectivity index (χ0n) is 11.6. The van der Waals surface area contributed by atoms with Crippen LogP contribution in [0.3, 0.4) is 0 Å². The molecule has 0 aliphatic rings. The molecule has 0 aromatic heterocycles. The van der Waals surface area contributed by atoms with Crippen LogP contribution in [0.1, 0.15) is 13.8 Å². The molecule has 0 fully saturated rings. The minimum atomic E-state index is -0.351. The van der Waals surface area contributed by atoms with Crippen LogP contribution in [0.5, 0.6) is 0 Å². The first-order valence-electron chi connectivity index (χ1n) is 6.24. The third-order valence-corrected chi connectivity index (χ3v) is 2.31. The summed E-state index contributed by atoms with van der Waals surface area (Å²) in [7, 11) is 3.66. The van der Waals surface area contributed by atoms with Crippen molar-refractivity contribution in [2.45, 2.75) is 26.1 Å². The minimum Gasteiger partial charge on any atom is -0.390 e. The van der Waals surface area contributed by atoms with Crippen LogP contribution in [0, 0.1) is 0 Å². The van der Waals surface area contributed by atoms with Crippen molar-refractivity contribution in [1.82, 2.24) is 10.2 Å². The quantitative estimate of drug-likeness (QED) is 0.502. The van der Waals surface area contributed by atoms with Gasteiger partial charge >= 0.3 is 0 Å². The third-order valence-electron chi connectivity index (χ3n) is 2.31. The van der Waals surface area contributed by atoms with E-state index in [0.717, 1.165) is 13.1 Å². The SMILES string of the molecule is COCCNCC(O)CN(C)CCOC(C)C. The zero-order chi connectivity index (χ0) is 13.1. The van der Waals surface area contributed by atoms with Crippen molar-refractivity contribution in [3.8, 4) is 0 Å². The summed E-state index contributed by atoms with van der Waals surface area (Å²) in [6, 6.07) is 0. The summed E-state index contributed by atoms with van der Waals surface area (Å²) in [5.41, 5.74) is 0. The van der Waals surface area contributed by atoms with Crippen molar-refractivity contribution >= 4 is 0 Å². The molecule has 5 heteroatoms. The standard InChI is InChI=1S/C12H28N2O3/c1-11(2)17-8-6-14(3)10-12(15)9-13-5-7-16-4/h11-13,15H,5-10H2,1-4H3. The summed E-state index contributed by atoms with van der Waals surface area (Å²) in [5, 5.41) is 12.9. The van der Waals surface area contributed by atoms with E-state index in [2.05, 4.69) is 10.2 Å². The predicted octanol–water partition coefficient (Wildman–Crippen LogP) is -0.0599. The molecule has 1 atom stereocenters. The average molecular weight is 248 g/mol. The Morgan fingerprint density at radius 1 is 1.29 bits per heavy atom. The molecule has 0 aliphatic carbocycles. The van der Waals surface area contributed by atoms with E-state index in [1.165, 1.54) is 0 Å². The highest BCUT2D eigenvalue weighted by atomic mass is 16.5. The molecular formula is C12H28N2O3. The van der Waals surface area contributed by atoms with E-state index >= 15 is 0 Å². The molecular weight excluding hydrogens is 220 g/mol. The van der Waals surface area contributed by atoms with E-state index in [0.29, 0.717) is 26.3 Å². The number of rotatable bonds is 11. The Hall–Kier alpha value is -0.200. The monoisotopic (exact) mass is 248 g/mol. The number of ether oxygens (including phenoxy) is 2. The lowest BCUT2D eigenvalue weighted by Gasteiger charge is -2.21. The van der Waals surface area contributed by atoms with Crippen molar-refractivity contribution in [2.24, 2.45) is 0 Å². The highest BCUT2D eigenvalue weighted by Gasteiger charge is 2.07. The van der Waals surface area contributed by atoms with E-state index in [4.69, 9.17) is 9.47 Å². The molecule has 0 bridgehead atoms. The fourth-order valence-corrected chi connectivity index (χ4v) is 1.40. The topological polar surface area (TPSA) is 54.0 Å². The lowest BCUT2D eigenvalue weighted by Crippen LogP contribution is -2.38. The normalized spacial score (nSPS) is 13.6. The Kier molecular flexibility index (Phi) is 10.8. The van der Waals surface area contributed by atoms with Crippen LogP contribution in [-0.4, -0.2) is 75.8 Å². The fraction of sp³-hybridized carbons (Fsp3) is 1.00. The largest absolute Gasteiger partial charge is 0.390 e. The molecule has 0 aliphatic heterocycles. The highest BCUT2D eigenvalue weighted by Crippen LogP contribution is 1.91. The van der Waals surface area contributed by atoms with Crippen molar-refractivity contribution in [1.29, 1.82) is 0 Å². The average Bonchev–Trinajstić information content (AvgIpc) is 2.23. The first-order chi connectivity index (χ1) is 8.06. The summed E-state index contributed by atoms with van der Waals surface area (Å²) >= 11 is 0. The van der Waals surface area contributed by atoms with E-state index in [9.17, 15) is 5.11 Å². The van der Waals surface area contributed by atoms with Crippen molar-refractivity contribution in [3.05, 3.63) is 0 Å². The van der Waals surface area contributed by atoms with Gasteiger partial charge in [0.1, 0.15) is 0 Å². The molecule has 104 valence electrons. The molecule has 0 saturated heterocycles. The Bertz CT molecular complexity index is 168. The maximum atomic E-state index is 9.74. The van der Waals surface area contributed by atoms with Gasteiger partial charge in [-0.05, 0) is 20.9 Å². The van der Waals surface area contributed by atoms with E-state index in [1.54, 1.807) is 7.11 Å². The molecule has 5 nitrogen and oxygen atoms in total. The fourth-order valence-electron chi connectivity index (χ4n) is 1.40. The molecule has 0 rings (SSSR count). The Morgan fingerprint density at radius 3 is 2.59 bits per heavy atom. The number of likely N-dealkylation sites (N-methyl/N-ethyl adjacent to an activating group) is 1. The highest BCUT2D eigenvalue weighted by molar-refractivity contribution is 4.64. The van der Waals surface area contributed by atoms with Crippen LogP contribution in [0.25, 0.3) is 0 Å². The van der Waals surface area contributed by atoms with Crippen molar-refractivity contribution in [3.63, 3.8) is 0 Å². The number of nitrogens with one attached hydrogen (secondary N) is 1. The Morgan fingerprint density at radius 2 is 2.00 bits per heavy atom. The summed E-state index contributed by atoms with van der Waals surface area (Å²) in [6.07, 6.45) is -0.0834. The van der Waals surface area contributed by atoms with Crippen LogP contribution < -0.4 is 5.32 Å². The van der Waals surface area contributed by atoms with Gasteiger partial charge < -0.3 is 24.8 Å². The molecule has 0 aromatic carbocycles. The number of aliphatic hydroxyl groups excluding tert-OH is 1. The molecule has 0 aromatic rings. The molecule has 2 N–H and O–H groups in total. The first kappa shape index (κ1) is 16.8. The maximum Gasteiger partial charge on any atom is 0.0791 e. The second kappa shape index (κ2) is 10.9. The van der Waals surface area contributed by atoms with Gasteiger partial charge in [0, 0.05) is 33.3 Å². The summed E-state index contributed by atoms with van der Waals surface area (Å²) < 4.78 is 10.4.